The minimum atomic E-state index is -1.74. The van der Waals surface area contributed by atoms with Crippen molar-refractivity contribution >= 4 is 70.9 Å². The van der Waals surface area contributed by atoms with E-state index in [1.54, 1.807) is 36.6 Å². The van der Waals surface area contributed by atoms with Gasteiger partial charge in [0, 0.05) is 12.8 Å². The number of aliphatic hydroxyl groups excluding tert-OH is 2. The molecule has 1 aromatic rings. The number of carbonyl (C=O) groups excluding carboxylic acids is 9. The zero-order chi connectivity index (χ0) is 47.6. The first-order chi connectivity index (χ1) is 29.7. The van der Waals surface area contributed by atoms with E-state index >= 15 is 0 Å². The van der Waals surface area contributed by atoms with Gasteiger partial charge in [0.15, 0.2) is 0 Å². The molecule has 0 bridgehead atoms. The number of aliphatic carboxylic acids is 1. The van der Waals surface area contributed by atoms with E-state index in [9.17, 15) is 58.2 Å². The molecule has 8 atom stereocenters. The van der Waals surface area contributed by atoms with Crippen molar-refractivity contribution in [3.05, 3.63) is 35.9 Å². The Morgan fingerprint density at radius 2 is 1.19 bits per heavy atom. The Balaban J connectivity index is 3.28. The van der Waals surface area contributed by atoms with Crippen LogP contribution in [0.1, 0.15) is 57.4 Å². The minimum absolute atomic E-state index is 0.0491. The van der Waals surface area contributed by atoms with Gasteiger partial charge >= 0.3 is 5.97 Å². The Labute approximate surface area is 367 Å². The Hall–Kier alpha value is -5.89. The first-order valence-electron chi connectivity index (χ1n) is 19.9. The first kappa shape index (κ1) is 55.1. The zero-order valence-electron chi connectivity index (χ0n) is 35.1. The van der Waals surface area contributed by atoms with Gasteiger partial charge in [-0.3, -0.25) is 47.9 Å². The quantitative estimate of drug-likeness (QED) is 0.0309. The SMILES string of the molecule is CSCC[C@H](NC(=O)[C@@H](NC(=O)[C@H](CCCCN)NC(=O)[C@H](CCC(N)=O)NC(=O)[C@@H](N)CC(N)=O)[C@@H](C)O)C(=O)N[C@@H](CO)C(=O)N[C@@H](Cc1ccccc1)C(=O)NCC(=O)O. The van der Waals surface area contributed by atoms with Crippen LogP contribution in [0.15, 0.2) is 30.3 Å². The van der Waals surface area contributed by atoms with Crippen molar-refractivity contribution < 1.29 is 63.3 Å². The standard InChI is InChI=1S/C38H61N11O13S/c1-20(51)31(49-36(60)23(10-6-7-14-39)45-34(58)24(11-12-28(41)52)44-32(56)22(40)17-29(42)53)38(62)46-25(13-15-63-2)35(59)48-27(19-50)37(61)47-26(33(57)43-18-30(54)55)16-21-8-4-3-5-9-21/h3-5,8-9,20,22-27,31,50-51H,6-7,10-19,39-40H2,1-2H3,(H2,41,52)(H2,42,53)(H,43,57)(H,44,56)(H,45,58)(H,46,62)(H,47,61)(H,48,59)(H,49,60)(H,54,55)/t20-,22+,23+,24+,25+,26+,27+,31+/m1/s1. The number of amides is 9. The Morgan fingerprint density at radius 3 is 1.73 bits per heavy atom. The molecule has 0 saturated heterocycles. The third-order valence-corrected chi connectivity index (χ3v) is 9.75. The highest BCUT2D eigenvalue weighted by Crippen LogP contribution is 2.09. The molecule has 0 radical (unpaired) electrons. The maximum Gasteiger partial charge on any atom is 0.322 e. The number of carboxylic acid groups (broad SMARTS) is 1. The van der Waals surface area contributed by atoms with Crippen molar-refractivity contribution in [3.63, 3.8) is 0 Å². The highest BCUT2D eigenvalue weighted by atomic mass is 32.2. The van der Waals surface area contributed by atoms with Crippen LogP contribution in [0.2, 0.25) is 0 Å². The Morgan fingerprint density at radius 1 is 0.667 bits per heavy atom. The summed E-state index contributed by atoms with van der Waals surface area (Å²) >= 11 is 1.29. The van der Waals surface area contributed by atoms with E-state index in [1.807, 2.05) is 0 Å². The number of carboxylic acids is 1. The summed E-state index contributed by atoms with van der Waals surface area (Å²) in [6.45, 7) is -0.334. The van der Waals surface area contributed by atoms with Crippen LogP contribution in [0.5, 0.6) is 0 Å². The number of benzene rings is 1. The molecule has 1 aromatic carbocycles. The summed E-state index contributed by atoms with van der Waals surface area (Å²) in [6, 6.07) is -2.09. The van der Waals surface area contributed by atoms with Crippen molar-refractivity contribution in [2.75, 3.05) is 31.7 Å². The van der Waals surface area contributed by atoms with Crippen LogP contribution in [-0.2, 0) is 54.4 Å². The lowest BCUT2D eigenvalue weighted by Gasteiger charge is -2.28. The van der Waals surface area contributed by atoms with Crippen molar-refractivity contribution in [2.24, 2.45) is 22.9 Å². The van der Waals surface area contributed by atoms with Crippen LogP contribution in [-0.4, -0.2) is 155 Å². The van der Waals surface area contributed by atoms with Crippen LogP contribution >= 0.6 is 11.8 Å². The van der Waals surface area contributed by atoms with E-state index in [0.717, 1.165) is 0 Å². The molecule has 25 heteroatoms. The van der Waals surface area contributed by atoms with Crippen LogP contribution in [0.3, 0.4) is 0 Å². The van der Waals surface area contributed by atoms with Gasteiger partial charge in [0.25, 0.3) is 0 Å². The van der Waals surface area contributed by atoms with Crippen LogP contribution in [0, 0.1) is 0 Å². The normalized spacial score (nSPS) is 14.7. The lowest BCUT2D eigenvalue weighted by Crippen LogP contribution is -2.62. The Bertz CT molecular complexity index is 1720. The van der Waals surface area contributed by atoms with Crippen molar-refractivity contribution in [1.82, 2.24) is 37.2 Å². The van der Waals surface area contributed by atoms with Gasteiger partial charge in [-0.15, -0.1) is 0 Å². The topological polar surface area (TPSA) is 420 Å². The third-order valence-electron chi connectivity index (χ3n) is 9.10. The monoisotopic (exact) mass is 911 g/mol. The molecule has 63 heavy (non-hydrogen) atoms. The van der Waals surface area contributed by atoms with Gasteiger partial charge in [-0.25, -0.2) is 0 Å². The molecule has 0 aliphatic heterocycles. The number of rotatable bonds is 31. The number of hydrogen-bond acceptors (Lipinski definition) is 15. The number of hydrogen-bond donors (Lipinski definition) is 14. The number of primary amides is 2. The average molecular weight is 912 g/mol. The lowest BCUT2D eigenvalue weighted by atomic mass is 10.0. The highest BCUT2D eigenvalue weighted by Gasteiger charge is 2.35. The molecule has 0 fully saturated rings. The molecule has 9 amide bonds. The number of aliphatic hydroxyl groups is 2. The van der Waals surface area contributed by atoms with Crippen molar-refractivity contribution in [3.8, 4) is 0 Å². The summed E-state index contributed by atoms with van der Waals surface area (Å²) in [5.74, 6) is -9.60. The van der Waals surface area contributed by atoms with Gasteiger partial charge < -0.3 is 75.5 Å². The molecule has 18 N–H and O–H groups in total. The number of unbranched alkanes of at least 4 members (excludes halogenated alkanes) is 1. The first-order valence-corrected chi connectivity index (χ1v) is 21.3. The minimum Gasteiger partial charge on any atom is -0.480 e. The summed E-state index contributed by atoms with van der Waals surface area (Å²) in [5.41, 5.74) is 22.3. The second-order valence-corrected chi connectivity index (χ2v) is 15.4. The molecule has 0 saturated carbocycles. The van der Waals surface area contributed by atoms with Gasteiger partial charge in [0.2, 0.25) is 53.2 Å². The van der Waals surface area contributed by atoms with E-state index in [1.165, 1.54) is 18.7 Å². The molecule has 1 rings (SSSR count). The van der Waals surface area contributed by atoms with E-state index in [4.69, 9.17) is 28.0 Å². The summed E-state index contributed by atoms with van der Waals surface area (Å²) < 4.78 is 0. The fourth-order valence-electron chi connectivity index (χ4n) is 5.69. The fourth-order valence-corrected chi connectivity index (χ4v) is 6.16. The Kier molecular flexibility index (Phi) is 25.7. The smallest absolute Gasteiger partial charge is 0.322 e. The van der Waals surface area contributed by atoms with E-state index < -0.39 is 127 Å². The van der Waals surface area contributed by atoms with Crippen LogP contribution < -0.4 is 60.2 Å². The van der Waals surface area contributed by atoms with Crippen molar-refractivity contribution in [1.29, 1.82) is 0 Å². The van der Waals surface area contributed by atoms with Gasteiger partial charge in [0.05, 0.1) is 25.2 Å². The predicted octanol–water partition coefficient (Wildman–Crippen LogP) is -5.94. The molecule has 352 valence electrons. The van der Waals surface area contributed by atoms with Crippen LogP contribution in [0.4, 0.5) is 0 Å². The summed E-state index contributed by atoms with van der Waals surface area (Å²) in [7, 11) is 0. The molecular weight excluding hydrogens is 851 g/mol. The largest absolute Gasteiger partial charge is 0.480 e. The molecule has 0 aromatic heterocycles. The number of thioether (sulfide) groups is 1. The summed E-state index contributed by atoms with van der Waals surface area (Å²) in [4.78, 5) is 127. The van der Waals surface area contributed by atoms with E-state index in [2.05, 4.69) is 37.2 Å². The van der Waals surface area contributed by atoms with Crippen LogP contribution in [0.25, 0.3) is 0 Å². The van der Waals surface area contributed by atoms with Gasteiger partial charge in [-0.2, -0.15) is 11.8 Å². The lowest BCUT2D eigenvalue weighted by molar-refractivity contribution is -0.138. The second kappa shape index (κ2) is 29.4. The molecule has 0 aliphatic carbocycles. The molecule has 0 unspecified atom stereocenters. The van der Waals surface area contributed by atoms with Gasteiger partial charge in [-0.1, -0.05) is 30.3 Å². The number of nitrogens with two attached hydrogens (primary N) is 4. The molecule has 0 aliphatic rings. The molecule has 0 spiro atoms. The maximum absolute atomic E-state index is 13.7. The van der Waals surface area contributed by atoms with E-state index in [0.29, 0.717) is 12.0 Å². The zero-order valence-corrected chi connectivity index (χ0v) is 35.9. The molecule has 24 nitrogen and oxygen atoms in total. The van der Waals surface area contributed by atoms with Crippen molar-refractivity contribution in [2.45, 2.75) is 107 Å². The van der Waals surface area contributed by atoms with Gasteiger partial charge in [-0.05, 0) is 63.1 Å². The number of nitrogens with one attached hydrogen (secondary N) is 7. The fraction of sp³-hybridized carbons (Fsp3) is 0.579. The summed E-state index contributed by atoms with van der Waals surface area (Å²) in [5, 5.41) is 46.3. The maximum atomic E-state index is 13.7. The second-order valence-electron chi connectivity index (χ2n) is 14.4. The highest BCUT2D eigenvalue weighted by molar-refractivity contribution is 7.98. The molecule has 0 heterocycles. The average Bonchev–Trinajstić information content (AvgIpc) is 3.22. The van der Waals surface area contributed by atoms with E-state index in [-0.39, 0.29) is 50.8 Å². The molecular formula is C38H61N11O13S. The predicted molar refractivity (Wildman–Crippen MR) is 227 cm³/mol. The number of carbonyl (C=O) groups is 10. The summed E-state index contributed by atoms with van der Waals surface area (Å²) in [6.07, 6.45) is -0.684. The third kappa shape index (κ3) is 21.7. The van der Waals surface area contributed by atoms with Gasteiger partial charge in [0.1, 0.15) is 42.8 Å².